The van der Waals surface area contributed by atoms with Gasteiger partial charge in [-0.2, -0.15) is 0 Å². The Morgan fingerprint density at radius 3 is 2.23 bits per heavy atom. The van der Waals surface area contributed by atoms with Crippen molar-refractivity contribution in [3.05, 3.63) is 88.5 Å². The summed E-state index contributed by atoms with van der Waals surface area (Å²) in [6.45, 7) is 6.04. The normalized spacial score (nSPS) is 11.5. The van der Waals surface area contributed by atoms with Crippen molar-refractivity contribution < 1.29 is 38.0 Å². The Kier molecular flexibility index (Phi) is 10.6. The minimum atomic E-state index is -1.69. The molecule has 0 aromatic heterocycles. The average Bonchev–Trinajstić information content (AvgIpc) is 2.99. The number of nitro groups is 1. The predicted molar refractivity (Wildman–Crippen MR) is 160 cm³/mol. The molecular weight excluding hydrogens is 574 g/mol. The number of nitro benzene ring substituents is 1. The minimum absolute atomic E-state index is 0.112. The van der Waals surface area contributed by atoms with Crippen molar-refractivity contribution in [2.24, 2.45) is 0 Å². The molecule has 224 valence electrons. The van der Waals surface area contributed by atoms with Gasteiger partial charge >= 0.3 is 11.9 Å². The molecule has 0 saturated heterocycles. The van der Waals surface area contributed by atoms with Crippen LogP contribution in [0.4, 0.5) is 5.69 Å². The molecule has 0 spiro atoms. The van der Waals surface area contributed by atoms with E-state index < -0.39 is 28.0 Å². The Labute approximate surface area is 251 Å². The molecule has 0 heterocycles. The van der Waals surface area contributed by atoms with Gasteiger partial charge in [0.25, 0.3) is 5.69 Å². The third kappa shape index (κ3) is 7.82. The summed E-state index contributed by atoms with van der Waals surface area (Å²) in [5, 5.41) is 12.2. The molecule has 0 saturated carbocycles. The van der Waals surface area contributed by atoms with E-state index in [-0.39, 0.29) is 23.6 Å². The second-order valence-corrected chi connectivity index (χ2v) is 10.9. The van der Waals surface area contributed by atoms with Crippen LogP contribution in [-0.4, -0.2) is 34.6 Å². The third-order valence-electron chi connectivity index (χ3n) is 6.14. The zero-order valence-electron chi connectivity index (χ0n) is 24.0. The second kappa shape index (κ2) is 14.5. The van der Waals surface area contributed by atoms with Gasteiger partial charge in [-0.1, -0.05) is 38.1 Å². The van der Waals surface area contributed by atoms with Crippen LogP contribution in [0.1, 0.15) is 39.2 Å². The number of esters is 2. The summed E-state index contributed by atoms with van der Waals surface area (Å²) in [6.07, 6.45) is 1.31. The van der Waals surface area contributed by atoms with Crippen LogP contribution in [0.5, 0.6) is 23.0 Å². The number of rotatable bonds is 13. The lowest BCUT2D eigenvalue weighted by Gasteiger charge is -2.18. The summed E-state index contributed by atoms with van der Waals surface area (Å²) in [5.41, 5.74) is 0.372. The first kappa shape index (κ1) is 31.3. The molecule has 0 aliphatic heterocycles. The molecule has 10 nitrogen and oxygen atoms in total. The zero-order valence-corrected chi connectivity index (χ0v) is 24.8. The molecule has 4 aromatic rings. The molecular formula is C32H31NO9S. The molecule has 4 rings (SSSR count). The molecule has 0 fully saturated rings. The van der Waals surface area contributed by atoms with Gasteiger partial charge in [-0.05, 0) is 42.5 Å². The van der Waals surface area contributed by atoms with Crippen molar-refractivity contribution in [2.45, 2.75) is 49.8 Å². The summed E-state index contributed by atoms with van der Waals surface area (Å²) in [5.74, 6) is -0.0254. The van der Waals surface area contributed by atoms with Crippen molar-refractivity contribution >= 4 is 39.6 Å². The number of carbonyl (C=O) groups is 2. The smallest absolute Gasteiger partial charge is 0.315 e. The number of benzene rings is 4. The van der Waals surface area contributed by atoms with Gasteiger partial charge in [0.1, 0.15) is 5.75 Å². The van der Waals surface area contributed by atoms with Gasteiger partial charge < -0.3 is 23.5 Å². The van der Waals surface area contributed by atoms with E-state index in [0.29, 0.717) is 50.8 Å². The van der Waals surface area contributed by atoms with E-state index in [1.165, 1.54) is 31.2 Å². The van der Waals surface area contributed by atoms with Gasteiger partial charge in [0.15, 0.2) is 21.3 Å². The van der Waals surface area contributed by atoms with Gasteiger partial charge in [0, 0.05) is 53.3 Å². The predicted octanol–water partition coefficient (Wildman–Crippen LogP) is 6.57. The fourth-order valence-electron chi connectivity index (χ4n) is 4.24. The maximum absolute atomic E-state index is 13.3. The Morgan fingerprint density at radius 1 is 0.860 bits per heavy atom. The zero-order chi connectivity index (χ0) is 30.9. The Balaban J connectivity index is 1.61. The highest BCUT2D eigenvalue weighted by Gasteiger charge is 2.23. The molecule has 0 amide bonds. The van der Waals surface area contributed by atoms with Crippen molar-refractivity contribution in [1.82, 2.24) is 0 Å². The molecule has 0 aliphatic rings. The summed E-state index contributed by atoms with van der Waals surface area (Å²) in [4.78, 5) is 36.3. The lowest BCUT2D eigenvalue weighted by Crippen LogP contribution is -2.14. The van der Waals surface area contributed by atoms with Crippen LogP contribution < -0.4 is 18.9 Å². The molecule has 0 bridgehead atoms. The van der Waals surface area contributed by atoms with E-state index in [2.05, 4.69) is 0 Å². The van der Waals surface area contributed by atoms with Gasteiger partial charge in [0.2, 0.25) is 5.75 Å². The molecule has 1 atom stereocenters. The molecule has 0 aliphatic carbocycles. The van der Waals surface area contributed by atoms with E-state index in [0.717, 1.165) is 12.8 Å². The SMILES string of the molecule is CCCOc1cc2ccc(OC(=O)Cc3ccccc3[S+]([O-])c3ccc([N+](=O)[O-])cc3)cc2c(OC(C)=O)c1OCCC. The number of ether oxygens (including phenoxy) is 4. The van der Waals surface area contributed by atoms with Gasteiger partial charge in [-0.25, -0.2) is 0 Å². The molecule has 11 heteroatoms. The quantitative estimate of drug-likeness (QED) is 0.0545. The van der Waals surface area contributed by atoms with Crippen molar-refractivity contribution in [1.29, 1.82) is 0 Å². The lowest BCUT2D eigenvalue weighted by atomic mass is 10.1. The highest BCUT2D eigenvalue weighted by molar-refractivity contribution is 7.91. The van der Waals surface area contributed by atoms with Crippen molar-refractivity contribution in [3.63, 3.8) is 0 Å². The summed E-state index contributed by atoms with van der Waals surface area (Å²) >= 11 is -1.69. The number of fused-ring (bicyclic) bond motifs is 1. The number of carbonyl (C=O) groups excluding carboxylic acids is 2. The molecule has 0 radical (unpaired) electrons. The van der Waals surface area contributed by atoms with Crippen LogP contribution in [0.3, 0.4) is 0 Å². The fraction of sp³-hybridized carbons (Fsp3) is 0.250. The summed E-state index contributed by atoms with van der Waals surface area (Å²) < 4.78 is 36.4. The molecule has 0 N–H and O–H groups in total. The third-order valence-corrected chi connectivity index (χ3v) is 7.64. The van der Waals surface area contributed by atoms with Crippen LogP contribution in [0.15, 0.2) is 82.6 Å². The van der Waals surface area contributed by atoms with E-state index in [9.17, 15) is 24.3 Å². The molecule has 43 heavy (non-hydrogen) atoms. The Hall–Kier alpha value is -4.61. The fourth-order valence-corrected chi connectivity index (χ4v) is 5.46. The Morgan fingerprint density at radius 2 is 1.56 bits per heavy atom. The highest BCUT2D eigenvalue weighted by atomic mass is 32.2. The van der Waals surface area contributed by atoms with Crippen LogP contribution in [0, 0.1) is 10.1 Å². The van der Waals surface area contributed by atoms with E-state index in [1.807, 2.05) is 13.8 Å². The maximum Gasteiger partial charge on any atom is 0.315 e. The van der Waals surface area contributed by atoms with E-state index in [1.54, 1.807) is 48.5 Å². The number of non-ortho nitro benzene ring substituents is 1. The van der Waals surface area contributed by atoms with Gasteiger partial charge in [0.05, 0.1) is 24.6 Å². The van der Waals surface area contributed by atoms with Crippen LogP contribution in [0.25, 0.3) is 10.8 Å². The molecule has 1 unspecified atom stereocenters. The topological polar surface area (TPSA) is 137 Å². The monoisotopic (exact) mass is 605 g/mol. The standard InChI is InChI=1S/C32H31NO9S/c1-4-16-39-28-18-22-10-13-25(20-27(22)31(41-21(3)34)32(28)40-17-5-2)42-30(35)19-23-8-6-7-9-29(23)43(38)26-14-11-24(12-15-26)33(36)37/h6-15,18,20H,4-5,16-17,19H2,1-3H3. The van der Waals surface area contributed by atoms with Gasteiger partial charge in [-0.3, -0.25) is 19.7 Å². The summed E-state index contributed by atoms with van der Waals surface area (Å²) in [6, 6.07) is 18.9. The van der Waals surface area contributed by atoms with Gasteiger partial charge in [-0.15, -0.1) is 0 Å². The first-order valence-corrected chi connectivity index (χ1v) is 14.9. The van der Waals surface area contributed by atoms with Crippen LogP contribution >= 0.6 is 0 Å². The van der Waals surface area contributed by atoms with Crippen LogP contribution in [0.2, 0.25) is 0 Å². The maximum atomic E-state index is 13.3. The first-order valence-electron chi connectivity index (χ1n) is 13.7. The lowest BCUT2D eigenvalue weighted by molar-refractivity contribution is -0.384. The van der Waals surface area contributed by atoms with E-state index in [4.69, 9.17) is 18.9 Å². The number of nitrogens with zero attached hydrogens (tertiary/aromatic N) is 1. The second-order valence-electron chi connectivity index (χ2n) is 9.48. The number of hydrogen-bond donors (Lipinski definition) is 0. The largest absolute Gasteiger partial charge is 0.606 e. The van der Waals surface area contributed by atoms with E-state index >= 15 is 0 Å². The summed E-state index contributed by atoms with van der Waals surface area (Å²) in [7, 11) is 0. The molecule has 4 aromatic carbocycles. The minimum Gasteiger partial charge on any atom is -0.606 e. The number of hydrogen-bond acceptors (Lipinski definition) is 9. The van der Waals surface area contributed by atoms with Crippen LogP contribution in [-0.2, 0) is 27.2 Å². The van der Waals surface area contributed by atoms with Crippen molar-refractivity contribution in [3.8, 4) is 23.0 Å². The first-order chi connectivity index (χ1) is 20.7. The Bertz CT molecular complexity index is 1620. The average molecular weight is 606 g/mol. The van der Waals surface area contributed by atoms with Crippen molar-refractivity contribution in [2.75, 3.05) is 13.2 Å². The highest BCUT2D eigenvalue weighted by Crippen LogP contribution is 2.45.